The molecule has 128 valence electrons. The van der Waals surface area contributed by atoms with E-state index in [9.17, 15) is 14.4 Å². The first-order chi connectivity index (χ1) is 11.5. The first-order valence-electron chi connectivity index (χ1n) is 8.15. The van der Waals surface area contributed by atoms with Crippen molar-refractivity contribution in [1.29, 1.82) is 0 Å². The average molecular weight is 330 g/mol. The van der Waals surface area contributed by atoms with Crippen molar-refractivity contribution >= 4 is 17.8 Å². The summed E-state index contributed by atoms with van der Waals surface area (Å²) in [5, 5.41) is 7.99. The molecule has 0 saturated carbocycles. The smallest absolute Gasteiger partial charge is 0.322 e. The van der Waals surface area contributed by atoms with E-state index in [1.807, 2.05) is 11.9 Å². The van der Waals surface area contributed by atoms with Crippen LogP contribution in [0, 0.1) is 0 Å². The van der Waals surface area contributed by atoms with E-state index < -0.39 is 11.6 Å². The highest BCUT2D eigenvalue weighted by Gasteiger charge is 2.43. The fourth-order valence-electron chi connectivity index (χ4n) is 3.41. The minimum absolute atomic E-state index is 0.00404. The first-order valence-corrected chi connectivity index (χ1v) is 8.15. The van der Waals surface area contributed by atoms with Gasteiger partial charge in [0.1, 0.15) is 5.54 Å². The van der Waals surface area contributed by atoms with Gasteiger partial charge in [-0.25, -0.2) is 4.79 Å². The number of carbonyl (C=O) groups is 3. The molecule has 4 amide bonds. The van der Waals surface area contributed by atoms with Crippen LogP contribution < -0.4 is 16.0 Å². The summed E-state index contributed by atoms with van der Waals surface area (Å²) in [6, 6.07) is 6.60. The van der Waals surface area contributed by atoms with Crippen molar-refractivity contribution in [2.24, 2.45) is 0 Å². The molecule has 2 fully saturated rings. The minimum Gasteiger partial charge on any atom is -0.334 e. The number of carbonyl (C=O) groups excluding carboxylic acids is 3. The van der Waals surface area contributed by atoms with E-state index in [4.69, 9.17) is 0 Å². The molecule has 2 unspecified atom stereocenters. The number of nitrogens with zero attached hydrogens (tertiary/aromatic N) is 1. The maximum Gasteiger partial charge on any atom is 0.322 e. The standard InChI is InChI=1S/C17H22N4O3/c1-17(15(23)19-16(24)20-17)12-7-5-11(6-8-12)14(22)21-9-3-4-13(21)10-18-2/h5-8,13,18H,3-4,9-10H2,1-2H3,(H2,19,20,23,24). The normalized spacial score (nSPS) is 26.4. The number of likely N-dealkylation sites (tertiary alicyclic amines) is 1. The second kappa shape index (κ2) is 6.24. The van der Waals surface area contributed by atoms with Crippen LogP contribution in [0.4, 0.5) is 4.79 Å². The summed E-state index contributed by atoms with van der Waals surface area (Å²) in [7, 11) is 1.89. The summed E-state index contributed by atoms with van der Waals surface area (Å²) >= 11 is 0. The van der Waals surface area contributed by atoms with Gasteiger partial charge in [-0.2, -0.15) is 0 Å². The molecule has 2 aliphatic rings. The van der Waals surface area contributed by atoms with Gasteiger partial charge in [0.15, 0.2) is 0 Å². The van der Waals surface area contributed by atoms with Gasteiger partial charge in [0, 0.05) is 24.7 Å². The summed E-state index contributed by atoms with van der Waals surface area (Å²) in [5.74, 6) is -0.385. The maximum atomic E-state index is 12.7. The van der Waals surface area contributed by atoms with Gasteiger partial charge >= 0.3 is 6.03 Å². The van der Waals surface area contributed by atoms with E-state index in [2.05, 4.69) is 16.0 Å². The lowest BCUT2D eigenvalue weighted by molar-refractivity contribution is -0.123. The van der Waals surface area contributed by atoms with Crippen LogP contribution in [0.1, 0.15) is 35.7 Å². The minimum atomic E-state index is -1.10. The van der Waals surface area contributed by atoms with Crippen molar-refractivity contribution in [2.45, 2.75) is 31.3 Å². The molecule has 0 aromatic heterocycles. The molecule has 0 radical (unpaired) electrons. The summed E-state index contributed by atoms with van der Waals surface area (Å²) in [5.41, 5.74) is 0.145. The van der Waals surface area contributed by atoms with Crippen LogP contribution in [0.5, 0.6) is 0 Å². The molecular formula is C17H22N4O3. The van der Waals surface area contributed by atoms with Crippen molar-refractivity contribution < 1.29 is 14.4 Å². The predicted molar refractivity (Wildman–Crippen MR) is 88.5 cm³/mol. The lowest BCUT2D eigenvalue weighted by Gasteiger charge is -2.25. The molecule has 2 atom stereocenters. The Morgan fingerprint density at radius 1 is 1.33 bits per heavy atom. The van der Waals surface area contributed by atoms with Crippen LogP contribution in [0.2, 0.25) is 0 Å². The SMILES string of the molecule is CNCC1CCCN1C(=O)c1ccc(C2(C)NC(=O)NC2=O)cc1. The number of hydrogen-bond donors (Lipinski definition) is 3. The zero-order valence-corrected chi connectivity index (χ0v) is 13.9. The highest BCUT2D eigenvalue weighted by atomic mass is 16.2. The van der Waals surface area contributed by atoms with E-state index in [-0.39, 0.29) is 17.9 Å². The Bertz CT molecular complexity index is 673. The second-order valence-electron chi connectivity index (χ2n) is 6.46. The fraction of sp³-hybridized carbons (Fsp3) is 0.471. The zero-order chi connectivity index (χ0) is 17.3. The van der Waals surface area contributed by atoms with Crippen molar-refractivity contribution in [3.8, 4) is 0 Å². The highest BCUT2D eigenvalue weighted by molar-refractivity contribution is 6.07. The van der Waals surface area contributed by atoms with Crippen LogP contribution in [-0.4, -0.2) is 48.9 Å². The molecule has 7 heteroatoms. The first kappa shape index (κ1) is 16.4. The molecule has 0 aliphatic carbocycles. The molecule has 7 nitrogen and oxygen atoms in total. The number of nitrogens with one attached hydrogen (secondary N) is 3. The second-order valence-corrected chi connectivity index (χ2v) is 6.46. The summed E-state index contributed by atoms with van der Waals surface area (Å²) in [6.45, 7) is 3.20. The number of benzene rings is 1. The van der Waals surface area contributed by atoms with Gasteiger partial charge in [0.25, 0.3) is 11.8 Å². The number of amides is 4. The molecule has 2 aliphatic heterocycles. The molecule has 3 N–H and O–H groups in total. The van der Waals surface area contributed by atoms with Gasteiger partial charge in [-0.15, -0.1) is 0 Å². The quantitative estimate of drug-likeness (QED) is 0.704. The molecule has 1 aromatic rings. The van der Waals surface area contributed by atoms with Crippen molar-refractivity contribution in [3.63, 3.8) is 0 Å². The summed E-state index contributed by atoms with van der Waals surface area (Å²) in [6.07, 6.45) is 2.02. The Kier molecular flexibility index (Phi) is 4.28. The van der Waals surface area contributed by atoms with Gasteiger partial charge in [-0.3, -0.25) is 14.9 Å². The lowest BCUT2D eigenvalue weighted by atomic mass is 9.91. The van der Waals surface area contributed by atoms with Gasteiger partial charge in [0.2, 0.25) is 0 Å². The van der Waals surface area contributed by atoms with E-state index in [0.29, 0.717) is 11.1 Å². The van der Waals surface area contributed by atoms with Gasteiger partial charge < -0.3 is 15.5 Å². The monoisotopic (exact) mass is 330 g/mol. The highest BCUT2D eigenvalue weighted by Crippen LogP contribution is 2.26. The van der Waals surface area contributed by atoms with Crippen molar-refractivity contribution in [1.82, 2.24) is 20.9 Å². The van der Waals surface area contributed by atoms with E-state index in [0.717, 1.165) is 25.9 Å². The Balaban J connectivity index is 1.78. The third kappa shape index (κ3) is 2.75. The Hall–Kier alpha value is -2.41. The van der Waals surface area contributed by atoms with Crippen LogP contribution in [-0.2, 0) is 10.3 Å². The number of likely N-dealkylation sites (N-methyl/N-ethyl adjacent to an activating group) is 1. The molecular weight excluding hydrogens is 308 g/mol. The predicted octanol–water partition coefficient (Wildman–Crippen LogP) is 0.565. The molecule has 0 spiro atoms. The topological polar surface area (TPSA) is 90.5 Å². The maximum absolute atomic E-state index is 12.7. The number of hydrogen-bond acceptors (Lipinski definition) is 4. The molecule has 2 heterocycles. The van der Waals surface area contributed by atoms with E-state index in [1.165, 1.54) is 0 Å². The number of imide groups is 1. The molecule has 0 bridgehead atoms. The van der Waals surface area contributed by atoms with Gasteiger partial charge in [-0.05, 0) is 44.5 Å². The van der Waals surface area contributed by atoms with Crippen LogP contribution in [0.15, 0.2) is 24.3 Å². The van der Waals surface area contributed by atoms with Crippen LogP contribution >= 0.6 is 0 Å². The van der Waals surface area contributed by atoms with Gasteiger partial charge in [0.05, 0.1) is 0 Å². The third-order valence-electron chi connectivity index (χ3n) is 4.83. The Labute approximate surface area is 140 Å². The molecule has 3 rings (SSSR count). The van der Waals surface area contributed by atoms with Crippen LogP contribution in [0.3, 0.4) is 0 Å². The lowest BCUT2D eigenvalue weighted by Crippen LogP contribution is -2.41. The molecule has 1 aromatic carbocycles. The zero-order valence-electron chi connectivity index (χ0n) is 13.9. The van der Waals surface area contributed by atoms with E-state index >= 15 is 0 Å². The Morgan fingerprint density at radius 3 is 2.62 bits per heavy atom. The average Bonchev–Trinajstić information content (AvgIpc) is 3.12. The Morgan fingerprint density at radius 2 is 2.04 bits per heavy atom. The molecule has 24 heavy (non-hydrogen) atoms. The fourth-order valence-corrected chi connectivity index (χ4v) is 3.41. The van der Waals surface area contributed by atoms with E-state index in [1.54, 1.807) is 31.2 Å². The number of urea groups is 1. The van der Waals surface area contributed by atoms with Crippen molar-refractivity contribution in [2.75, 3.05) is 20.1 Å². The van der Waals surface area contributed by atoms with Crippen LogP contribution in [0.25, 0.3) is 0 Å². The number of rotatable bonds is 4. The largest absolute Gasteiger partial charge is 0.334 e. The third-order valence-corrected chi connectivity index (χ3v) is 4.83. The summed E-state index contributed by atoms with van der Waals surface area (Å²) in [4.78, 5) is 38.0. The molecule has 2 saturated heterocycles. The van der Waals surface area contributed by atoms with Crippen molar-refractivity contribution in [3.05, 3.63) is 35.4 Å². The summed E-state index contributed by atoms with van der Waals surface area (Å²) < 4.78 is 0. The van der Waals surface area contributed by atoms with Gasteiger partial charge in [-0.1, -0.05) is 12.1 Å².